The van der Waals surface area contributed by atoms with E-state index in [4.69, 9.17) is 4.74 Å². The minimum atomic E-state index is -0.0162. The highest BCUT2D eigenvalue weighted by Crippen LogP contribution is 2.44. The fourth-order valence-electron chi connectivity index (χ4n) is 2.30. The summed E-state index contributed by atoms with van der Waals surface area (Å²) in [5, 5.41) is 0. The number of aldehydes is 1. The Balaban J connectivity index is 1.96. The van der Waals surface area contributed by atoms with E-state index in [1.807, 2.05) is 0 Å². The van der Waals surface area contributed by atoms with Crippen LogP contribution < -0.4 is 0 Å². The van der Waals surface area contributed by atoms with Crippen LogP contribution in [0.3, 0.4) is 0 Å². The van der Waals surface area contributed by atoms with Crippen molar-refractivity contribution in [3.05, 3.63) is 0 Å². The van der Waals surface area contributed by atoms with E-state index in [0.29, 0.717) is 0 Å². The van der Waals surface area contributed by atoms with Gasteiger partial charge in [-0.3, -0.25) is 0 Å². The maximum Gasteiger partial charge on any atom is 0.126 e. The molecular formula is C11H18O2. The first-order valence-electron chi connectivity index (χ1n) is 5.39. The van der Waals surface area contributed by atoms with E-state index in [2.05, 4.69) is 0 Å². The first kappa shape index (κ1) is 9.20. The van der Waals surface area contributed by atoms with Crippen LogP contribution in [0.25, 0.3) is 0 Å². The van der Waals surface area contributed by atoms with E-state index in [-0.39, 0.29) is 5.41 Å². The highest BCUT2D eigenvalue weighted by Gasteiger charge is 2.37. The van der Waals surface area contributed by atoms with Crippen LogP contribution in [0.5, 0.6) is 0 Å². The van der Waals surface area contributed by atoms with Crippen LogP contribution in [-0.4, -0.2) is 19.5 Å². The molecule has 0 N–H and O–H groups in total. The third kappa shape index (κ3) is 2.31. The predicted octanol–water partition coefficient (Wildman–Crippen LogP) is 2.17. The highest BCUT2D eigenvalue weighted by atomic mass is 16.5. The molecule has 0 bridgehead atoms. The Morgan fingerprint density at radius 3 is 2.85 bits per heavy atom. The summed E-state index contributed by atoms with van der Waals surface area (Å²) in [6.07, 6.45) is 8.08. The molecule has 2 rings (SSSR count). The first-order valence-corrected chi connectivity index (χ1v) is 5.39. The van der Waals surface area contributed by atoms with Gasteiger partial charge in [0.25, 0.3) is 0 Å². The van der Waals surface area contributed by atoms with E-state index in [0.717, 1.165) is 44.8 Å². The number of rotatable bonds is 3. The van der Waals surface area contributed by atoms with E-state index in [9.17, 15) is 4.79 Å². The van der Waals surface area contributed by atoms with Crippen LogP contribution in [0.2, 0.25) is 0 Å². The van der Waals surface area contributed by atoms with Gasteiger partial charge in [0.2, 0.25) is 0 Å². The molecule has 2 nitrogen and oxygen atoms in total. The van der Waals surface area contributed by atoms with Gasteiger partial charge < -0.3 is 9.53 Å². The van der Waals surface area contributed by atoms with Gasteiger partial charge >= 0.3 is 0 Å². The number of hydrogen-bond acceptors (Lipinski definition) is 2. The molecule has 1 saturated carbocycles. The summed E-state index contributed by atoms with van der Waals surface area (Å²) in [4.78, 5) is 11.1. The van der Waals surface area contributed by atoms with E-state index >= 15 is 0 Å². The quantitative estimate of drug-likeness (QED) is 0.625. The summed E-state index contributed by atoms with van der Waals surface area (Å²) >= 11 is 0. The number of carbonyl (C=O) groups is 1. The standard InChI is InChI=1S/C11H18O2/c12-9-11(8-10-2-3-10)4-1-6-13-7-5-11/h9-10H,1-8H2. The smallest absolute Gasteiger partial charge is 0.126 e. The van der Waals surface area contributed by atoms with Crippen LogP contribution in [0.1, 0.15) is 38.5 Å². The van der Waals surface area contributed by atoms with Crippen LogP contribution in [0.15, 0.2) is 0 Å². The van der Waals surface area contributed by atoms with Gasteiger partial charge in [-0.05, 0) is 31.6 Å². The van der Waals surface area contributed by atoms with Crippen molar-refractivity contribution >= 4 is 6.29 Å². The average Bonchev–Trinajstić information content (AvgIpc) is 2.94. The van der Waals surface area contributed by atoms with Crippen molar-refractivity contribution in [1.82, 2.24) is 0 Å². The molecule has 74 valence electrons. The molecule has 0 aromatic carbocycles. The molecule has 1 saturated heterocycles. The molecule has 1 unspecified atom stereocenters. The second-order valence-electron chi connectivity index (χ2n) is 4.59. The second-order valence-corrected chi connectivity index (χ2v) is 4.59. The zero-order chi connectivity index (χ0) is 9.15. The summed E-state index contributed by atoms with van der Waals surface area (Å²) in [6, 6.07) is 0. The molecule has 1 atom stereocenters. The molecule has 0 aromatic heterocycles. The minimum Gasteiger partial charge on any atom is -0.381 e. The Kier molecular flexibility index (Phi) is 2.68. The topological polar surface area (TPSA) is 26.3 Å². The second kappa shape index (κ2) is 3.79. The Bertz CT molecular complexity index is 177. The number of carbonyl (C=O) groups excluding carboxylic acids is 1. The normalized spacial score (nSPS) is 35.4. The minimum absolute atomic E-state index is 0.0162. The first-order chi connectivity index (χ1) is 6.35. The van der Waals surface area contributed by atoms with Gasteiger partial charge in [-0.1, -0.05) is 12.8 Å². The molecule has 1 heterocycles. The summed E-state index contributed by atoms with van der Waals surface area (Å²) in [6.45, 7) is 1.63. The largest absolute Gasteiger partial charge is 0.381 e. The van der Waals surface area contributed by atoms with E-state index < -0.39 is 0 Å². The maximum atomic E-state index is 11.1. The van der Waals surface area contributed by atoms with Crippen molar-refractivity contribution in [2.75, 3.05) is 13.2 Å². The molecule has 1 aliphatic heterocycles. The molecule has 2 aliphatic rings. The zero-order valence-electron chi connectivity index (χ0n) is 8.13. The third-order valence-corrected chi connectivity index (χ3v) is 3.35. The lowest BCUT2D eigenvalue weighted by atomic mass is 9.78. The third-order valence-electron chi connectivity index (χ3n) is 3.35. The van der Waals surface area contributed by atoms with Crippen LogP contribution in [0, 0.1) is 11.3 Å². The number of hydrogen-bond donors (Lipinski definition) is 0. The van der Waals surface area contributed by atoms with Crippen LogP contribution in [0.4, 0.5) is 0 Å². The van der Waals surface area contributed by atoms with Gasteiger partial charge in [-0.2, -0.15) is 0 Å². The van der Waals surface area contributed by atoms with Gasteiger partial charge in [0.1, 0.15) is 6.29 Å². The molecule has 1 aliphatic carbocycles. The number of ether oxygens (including phenoxy) is 1. The van der Waals surface area contributed by atoms with Crippen molar-refractivity contribution in [3.63, 3.8) is 0 Å². The summed E-state index contributed by atoms with van der Waals surface area (Å²) < 4.78 is 5.39. The Hall–Kier alpha value is -0.370. The van der Waals surface area contributed by atoms with Crippen molar-refractivity contribution in [3.8, 4) is 0 Å². The van der Waals surface area contributed by atoms with Crippen molar-refractivity contribution in [1.29, 1.82) is 0 Å². The molecule has 0 radical (unpaired) electrons. The van der Waals surface area contributed by atoms with E-state index in [1.54, 1.807) is 0 Å². The molecule has 0 spiro atoms. The van der Waals surface area contributed by atoms with Gasteiger partial charge in [0.05, 0.1) is 0 Å². The van der Waals surface area contributed by atoms with Gasteiger partial charge in [0, 0.05) is 18.6 Å². The Labute approximate surface area is 79.7 Å². The monoisotopic (exact) mass is 182 g/mol. The lowest BCUT2D eigenvalue weighted by Crippen LogP contribution is -2.23. The highest BCUT2D eigenvalue weighted by molar-refractivity contribution is 5.59. The molecule has 2 fully saturated rings. The van der Waals surface area contributed by atoms with Gasteiger partial charge in [0.15, 0.2) is 0 Å². The van der Waals surface area contributed by atoms with Gasteiger partial charge in [-0.25, -0.2) is 0 Å². The molecule has 0 aromatic rings. The van der Waals surface area contributed by atoms with E-state index in [1.165, 1.54) is 19.1 Å². The Morgan fingerprint density at radius 1 is 1.31 bits per heavy atom. The fraction of sp³-hybridized carbons (Fsp3) is 0.909. The predicted molar refractivity (Wildman–Crippen MR) is 50.5 cm³/mol. The SMILES string of the molecule is O=CC1(CC2CC2)CCCOCC1. The summed E-state index contributed by atoms with van der Waals surface area (Å²) in [7, 11) is 0. The average molecular weight is 182 g/mol. The van der Waals surface area contributed by atoms with Crippen molar-refractivity contribution < 1.29 is 9.53 Å². The zero-order valence-corrected chi connectivity index (χ0v) is 8.13. The fourth-order valence-corrected chi connectivity index (χ4v) is 2.30. The van der Waals surface area contributed by atoms with Gasteiger partial charge in [-0.15, -0.1) is 0 Å². The molecule has 2 heteroatoms. The maximum absolute atomic E-state index is 11.1. The molecule has 13 heavy (non-hydrogen) atoms. The van der Waals surface area contributed by atoms with Crippen LogP contribution in [-0.2, 0) is 9.53 Å². The van der Waals surface area contributed by atoms with Crippen LogP contribution >= 0.6 is 0 Å². The summed E-state index contributed by atoms with van der Waals surface area (Å²) in [5.74, 6) is 0.850. The van der Waals surface area contributed by atoms with Crippen molar-refractivity contribution in [2.24, 2.45) is 11.3 Å². The molecule has 0 amide bonds. The lowest BCUT2D eigenvalue weighted by molar-refractivity contribution is -0.117. The summed E-state index contributed by atoms with van der Waals surface area (Å²) in [5.41, 5.74) is -0.0162. The Morgan fingerprint density at radius 2 is 2.15 bits per heavy atom. The molecular weight excluding hydrogens is 164 g/mol. The van der Waals surface area contributed by atoms with Crippen molar-refractivity contribution in [2.45, 2.75) is 38.5 Å². The lowest BCUT2D eigenvalue weighted by Gasteiger charge is -2.25.